The number of nitrogens with one attached hydrogen (secondary N) is 2. The van der Waals surface area contributed by atoms with Crippen LogP contribution in [0.4, 0.5) is 9.18 Å². The first-order valence-electron chi connectivity index (χ1n) is 10.0. The number of rotatable bonds is 6. The van der Waals surface area contributed by atoms with E-state index >= 15 is 0 Å². The van der Waals surface area contributed by atoms with Crippen molar-refractivity contribution in [1.82, 2.24) is 4.90 Å². The Kier molecular flexibility index (Phi) is 6.53. The highest BCUT2D eigenvalue weighted by Gasteiger charge is 2.42. The van der Waals surface area contributed by atoms with Gasteiger partial charge in [0.2, 0.25) is 5.90 Å². The molecule has 2 atom stereocenters. The minimum atomic E-state index is -0.857. The van der Waals surface area contributed by atoms with E-state index in [1.165, 1.54) is 19.1 Å². The van der Waals surface area contributed by atoms with Crippen LogP contribution in [0.25, 0.3) is 0 Å². The Morgan fingerprint density at radius 2 is 1.90 bits per heavy atom. The molecule has 1 aliphatic rings. The van der Waals surface area contributed by atoms with Gasteiger partial charge in [0.15, 0.2) is 5.90 Å². The van der Waals surface area contributed by atoms with Crippen molar-refractivity contribution >= 4 is 17.9 Å². The largest absolute Gasteiger partial charge is 0.437 e. The van der Waals surface area contributed by atoms with E-state index in [-0.39, 0.29) is 23.7 Å². The first kappa shape index (κ1) is 22.2. The average molecular weight is 423 g/mol. The predicted octanol–water partition coefficient (Wildman–Crippen LogP) is 5.54. The van der Waals surface area contributed by atoms with Gasteiger partial charge in [0, 0.05) is 31.9 Å². The van der Waals surface area contributed by atoms with Crippen molar-refractivity contribution in [2.45, 2.75) is 38.3 Å². The van der Waals surface area contributed by atoms with E-state index in [0.29, 0.717) is 24.9 Å². The molecule has 3 rings (SSSR count). The maximum atomic E-state index is 13.4. The minimum absolute atomic E-state index is 0.0531. The second-order valence-electron chi connectivity index (χ2n) is 7.59. The van der Waals surface area contributed by atoms with Gasteiger partial charge in [-0.15, -0.1) is 6.58 Å². The van der Waals surface area contributed by atoms with Gasteiger partial charge in [0.25, 0.3) is 0 Å². The highest BCUT2D eigenvalue weighted by atomic mass is 19.1. The molecule has 1 fully saturated rings. The molecule has 0 bridgehead atoms. The Morgan fingerprint density at radius 3 is 2.45 bits per heavy atom. The summed E-state index contributed by atoms with van der Waals surface area (Å²) in [5.74, 6) is -0.493. The normalized spacial score (nSPS) is 19.3. The molecule has 0 spiro atoms. The van der Waals surface area contributed by atoms with Crippen LogP contribution in [0, 0.1) is 16.6 Å². The lowest BCUT2D eigenvalue weighted by Gasteiger charge is -2.43. The highest BCUT2D eigenvalue weighted by Crippen LogP contribution is 2.39. The van der Waals surface area contributed by atoms with Crippen molar-refractivity contribution in [2.24, 2.45) is 0 Å². The molecule has 7 heteroatoms. The molecular formula is C24H26FN3O3. The van der Waals surface area contributed by atoms with Crippen molar-refractivity contribution in [3.05, 3.63) is 83.7 Å². The molecular weight excluding hydrogens is 397 g/mol. The highest BCUT2D eigenvalue weighted by molar-refractivity contribution is 5.98. The third-order valence-electron chi connectivity index (χ3n) is 5.50. The van der Waals surface area contributed by atoms with Gasteiger partial charge < -0.3 is 14.4 Å². The third kappa shape index (κ3) is 4.82. The fraction of sp³-hybridized carbons (Fsp3) is 0.292. The number of carbonyl (C=O) groups excluding carboxylic acids is 1. The van der Waals surface area contributed by atoms with E-state index in [9.17, 15) is 9.18 Å². The maximum Gasteiger partial charge on any atom is 0.411 e. The Hall–Kier alpha value is -3.48. The summed E-state index contributed by atoms with van der Waals surface area (Å²) in [6.45, 7) is 7.64. The number of cyclic esters (lactones) is 1. The molecule has 1 aliphatic heterocycles. The number of hydrogen-bond donors (Lipinski definition) is 2. The Bertz CT molecular complexity index is 988. The fourth-order valence-corrected chi connectivity index (χ4v) is 3.78. The lowest BCUT2D eigenvalue weighted by molar-refractivity contribution is -0.0588. The SMILES string of the molecule is C=CC[C@]1(c2ccc(F)cc2)CCN([C@@H](C)c2ccc(C(=N)OC(C)=N)cc2)C(=O)O1. The fourth-order valence-electron chi connectivity index (χ4n) is 3.78. The second-order valence-corrected chi connectivity index (χ2v) is 7.59. The van der Waals surface area contributed by atoms with Gasteiger partial charge in [-0.25, -0.2) is 9.18 Å². The summed E-state index contributed by atoms with van der Waals surface area (Å²) in [5.41, 5.74) is 1.32. The molecule has 2 N–H and O–H groups in total. The molecule has 0 aliphatic carbocycles. The van der Waals surface area contributed by atoms with E-state index in [0.717, 1.165) is 11.1 Å². The number of hydrogen-bond acceptors (Lipinski definition) is 5. The lowest BCUT2D eigenvalue weighted by atomic mass is 9.85. The maximum absolute atomic E-state index is 13.4. The summed E-state index contributed by atoms with van der Waals surface area (Å²) in [6.07, 6.45) is 2.26. The summed E-state index contributed by atoms with van der Waals surface area (Å²) >= 11 is 0. The summed E-state index contributed by atoms with van der Waals surface area (Å²) in [6, 6.07) is 12.9. The predicted molar refractivity (Wildman–Crippen MR) is 117 cm³/mol. The quantitative estimate of drug-likeness (QED) is 0.363. The molecule has 1 saturated heterocycles. The number of benzene rings is 2. The van der Waals surface area contributed by atoms with Crippen molar-refractivity contribution in [2.75, 3.05) is 6.54 Å². The van der Waals surface area contributed by atoms with Gasteiger partial charge in [0.1, 0.15) is 11.4 Å². The molecule has 31 heavy (non-hydrogen) atoms. The number of carbonyl (C=O) groups is 1. The van der Waals surface area contributed by atoms with Crippen LogP contribution in [0.1, 0.15) is 49.4 Å². The van der Waals surface area contributed by atoms with E-state index in [4.69, 9.17) is 20.3 Å². The van der Waals surface area contributed by atoms with Crippen LogP contribution in [0.3, 0.4) is 0 Å². The molecule has 162 valence electrons. The van der Waals surface area contributed by atoms with Crippen molar-refractivity contribution in [1.29, 1.82) is 10.8 Å². The zero-order chi connectivity index (χ0) is 22.6. The van der Waals surface area contributed by atoms with Crippen LogP contribution in [0.2, 0.25) is 0 Å². The Labute approximate surface area is 181 Å². The smallest absolute Gasteiger partial charge is 0.411 e. The zero-order valence-corrected chi connectivity index (χ0v) is 17.7. The molecule has 0 aromatic heterocycles. The standard InChI is InChI=1S/C24H26FN3O3/c1-4-13-24(20-9-11-21(25)12-10-20)14-15-28(23(29)31-24)16(2)18-5-7-19(8-6-18)22(27)30-17(3)26/h4-12,16,26-27H,1,13-15H2,2-3H3/t16-,24+/m0/s1. The monoisotopic (exact) mass is 423 g/mol. The van der Waals surface area contributed by atoms with Crippen LogP contribution in [-0.2, 0) is 15.1 Å². The molecule has 2 aromatic carbocycles. The van der Waals surface area contributed by atoms with Gasteiger partial charge in [-0.1, -0.05) is 30.3 Å². The van der Waals surface area contributed by atoms with E-state index in [2.05, 4.69) is 6.58 Å². The topological polar surface area (TPSA) is 86.5 Å². The molecule has 1 amide bonds. The van der Waals surface area contributed by atoms with Crippen LogP contribution in [0.15, 0.2) is 61.2 Å². The lowest BCUT2D eigenvalue weighted by Crippen LogP contribution is -2.48. The van der Waals surface area contributed by atoms with Crippen LogP contribution < -0.4 is 0 Å². The molecule has 0 unspecified atom stereocenters. The van der Waals surface area contributed by atoms with Crippen LogP contribution >= 0.6 is 0 Å². The summed E-state index contributed by atoms with van der Waals surface area (Å²) < 4.78 is 24.3. The number of nitrogens with zero attached hydrogens (tertiary/aromatic N) is 1. The third-order valence-corrected chi connectivity index (χ3v) is 5.50. The summed E-state index contributed by atoms with van der Waals surface area (Å²) in [7, 11) is 0. The second kappa shape index (κ2) is 9.12. The van der Waals surface area contributed by atoms with Gasteiger partial charge in [-0.05, 0) is 42.3 Å². The average Bonchev–Trinajstić information content (AvgIpc) is 2.73. The summed E-state index contributed by atoms with van der Waals surface area (Å²) in [4.78, 5) is 14.6. The van der Waals surface area contributed by atoms with Gasteiger partial charge in [-0.2, -0.15) is 0 Å². The van der Waals surface area contributed by atoms with Gasteiger partial charge in [0.05, 0.1) is 6.04 Å². The molecule has 0 saturated carbocycles. The Balaban J connectivity index is 1.76. The molecule has 1 heterocycles. The van der Waals surface area contributed by atoms with Gasteiger partial charge in [-0.3, -0.25) is 10.8 Å². The van der Waals surface area contributed by atoms with Gasteiger partial charge >= 0.3 is 6.09 Å². The first-order chi connectivity index (χ1) is 14.8. The molecule has 6 nitrogen and oxygen atoms in total. The minimum Gasteiger partial charge on any atom is -0.437 e. The van der Waals surface area contributed by atoms with E-state index < -0.39 is 11.7 Å². The van der Waals surface area contributed by atoms with E-state index in [1.807, 2.05) is 19.1 Å². The van der Waals surface area contributed by atoms with Crippen LogP contribution in [-0.4, -0.2) is 29.3 Å². The number of halogens is 1. The number of amides is 1. The molecule has 0 radical (unpaired) electrons. The van der Waals surface area contributed by atoms with Crippen molar-refractivity contribution in [3.63, 3.8) is 0 Å². The van der Waals surface area contributed by atoms with Crippen molar-refractivity contribution < 1.29 is 18.7 Å². The Morgan fingerprint density at radius 1 is 1.26 bits per heavy atom. The zero-order valence-electron chi connectivity index (χ0n) is 17.7. The van der Waals surface area contributed by atoms with Crippen molar-refractivity contribution in [3.8, 4) is 0 Å². The van der Waals surface area contributed by atoms with E-state index in [1.54, 1.807) is 35.2 Å². The van der Waals surface area contributed by atoms with Crippen LogP contribution in [0.5, 0.6) is 0 Å². The number of ether oxygens (including phenoxy) is 2. The first-order valence-corrected chi connectivity index (χ1v) is 10.0. The summed E-state index contributed by atoms with van der Waals surface area (Å²) in [5, 5.41) is 15.2. The molecule has 2 aromatic rings.